The number of para-hydroxylation sites is 2. The van der Waals surface area contributed by atoms with Crippen LogP contribution in [-0.2, 0) is 5.41 Å². The van der Waals surface area contributed by atoms with Gasteiger partial charge in [0, 0.05) is 12.2 Å². The predicted octanol–water partition coefficient (Wildman–Crippen LogP) is 4.78. The van der Waals surface area contributed by atoms with E-state index in [9.17, 15) is 0 Å². The molecule has 1 N–H and O–H groups in total. The first-order valence-electron chi connectivity index (χ1n) is 7.50. The first kappa shape index (κ1) is 15.4. The third-order valence-corrected chi connectivity index (χ3v) is 3.52. The molecule has 2 rings (SSSR count). The van der Waals surface area contributed by atoms with Gasteiger partial charge in [0.15, 0.2) is 0 Å². The molecule has 0 radical (unpaired) electrons. The lowest BCUT2D eigenvalue weighted by atomic mass is 9.86. The van der Waals surface area contributed by atoms with Gasteiger partial charge in [0.25, 0.3) is 0 Å². The quantitative estimate of drug-likeness (QED) is 0.797. The molecule has 0 saturated heterocycles. The van der Waals surface area contributed by atoms with E-state index in [1.54, 1.807) is 0 Å². The minimum atomic E-state index is 0.0973. The van der Waals surface area contributed by atoms with Crippen LogP contribution in [0.5, 0.6) is 5.75 Å². The minimum Gasteiger partial charge on any atom is -0.491 e. The summed E-state index contributed by atoms with van der Waals surface area (Å²) >= 11 is 0. The topological polar surface area (TPSA) is 21.3 Å². The monoisotopic (exact) mass is 283 g/mol. The molecule has 2 aromatic carbocycles. The van der Waals surface area contributed by atoms with Gasteiger partial charge in [-0.2, -0.15) is 0 Å². The smallest absolute Gasteiger partial charge is 0.123 e. The van der Waals surface area contributed by atoms with Gasteiger partial charge < -0.3 is 10.1 Å². The standard InChI is InChI=1S/C19H25NO/c1-15-9-5-7-11-17(15)20-13-14-21-18-12-8-6-10-16(18)19(2,3)4/h5-12,20H,13-14H2,1-4H3. The number of hydrogen-bond acceptors (Lipinski definition) is 2. The summed E-state index contributed by atoms with van der Waals surface area (Å²) in [7, 11) is 0. The Hall–Kier alpha value is -1.96. The molecule has 21 heavy (non-hydrogen) atoms. The molecule has 0 unspecified atom stereocenters. The van der Waals surface area contributed by atoms with Crippen molar-refractivity contribution in [3.63, 3.8) is 0 Å². The largest absolute Gasteiger partial charge is 0.491 e. The van der Waals surface area contributed by atoms with E-state index in [2.05, 4.69) is 63.3 Å². The molecule has 0 atom stereocenters. The SMILES string of the molecule is Cc1ccccc1NCCOc1ccccc1C(C)(C)C. The number of aryl methyl sites for hydroxylation is 1. The second-order valence-corrected chi connectivity index (χ2v) is 6.34. The Bertz CT molecular complexity index is 584. The number of rotatable bonds is 5. The molecule has 0 saturated carbocycles. The highest BCUT2D eigenvalue weighted by atomic mass is 16.5. The summed E-state index contributed by atoms with van der Waals surface area (Å²) < 4.78 is 5.96. The van der Waals surface area contributed by atoms with E-state index in [4.69, 9.17) is 4.74 Å². The summed E-state index contributed by atoms with van der Waals surface area (Å²) in [5, 5.41) is 3.42. The molecule has 2 aromatic rings. The first-order valence-corrected chi connectivity index (χ1v) is 7.50. The number of ether oxygens (including phenoxy) is 1. The fourth-order valence-electron chi connectivity index (χ4n) is 2.33. The van der Waals surface area contributed by atoms with Crippen LogP contribution in [0.3, 0.4) is 0 Å². The molecule has 0 spiro atoms. The van der Waals surface area contributed by atoms with Crippen LogP contribution >= 0.6 is 0 Å². The highest BCUT2D eigenvalue weighted by molar-refractivity contribution is 5.50. The van der Waals surface area contributed by atoms with Gasteiger partial charge >= 0.3 is 0 Å². The van der Waals surface area contributed by atoms with Crippen molar-refractivity contribution in [3.8, 4) is 5.75 Å². The summed E-state index contributed by atoms with van der Waals surface area (Å²) in [6.45, 7) is 10.2. The van der Waals surface area contributed by atoms with Gasteiger partial charge in [-0.15, -0.1) is 0 Å². The van der Waals surface area contributed by atoms with Gasteiger partial charge in [-0.05, 0) is 35.6 Å². The van der Waals surface area contributed by atoms with Crippen molar-refractivity contribution in [1.82, 2.24) is 0 Å². The summed E-state index contributed by atoms with van der Waals surface area (Å²) in [4.78, 5) is 0. The maximum Gasteiger partial charge on any atom is 0.123 e. The van der Waals surface area contributed by atoms with Gasteiger partial charge in [0.2, 0.25) is 0 Å². The predicted molar refractivity (Wildman–Crippen MR) is 90.3 cm³/mol. The molecular formula is C19H25NO. The van der Waals surface area contributed by atoms with E-state index in [0.717, 1.165) is 12.3 Å². The normalized spacial score (nSPS) is 11.2. The van der Waals surface area contributed by atoms with Crippen molar-refractivity contribution in [3.05, 3.63) is 59.7 Å². The zero-order chi connectivity index (χ0) is 15.3. The second-order valence-electron chi connectivity index (χ2n) is 6.34. The van der Waals surface area contributed by atoms with E-state index in [0.29, 0.717) is 6.61 Å². The Balaban J connectivity index is 1.91. The third kappa shape index (κ3) is 4.25. The Morgan fingerprint density at radius 1 is 0.952 bits per heavy atom. The summed E-state index contributed by atoms with van der Waals surface area (Å²) in [5.41, 5.74) is 3.78. The third-order valence-electron chi connectivity index (χ3n) is 3.52. The van der Waals surface area contributed by atoms with E-state index < -0.39 is 0 Å². The zero-order valence-corrected chi connectivity index (χ0v) is 13.4. The summed E-state index contributed by atoms with van der Waals surface area (Å²) in [6.07, 6.45) is 0. The number of benzene rings is 2. The van der Waals surface area contributed by atoms with Crippen molar-refractivity contribution < 1.29 is 4.74 Å². The van der Waals surface area contributed by atoms with Gasteiger partial charge in [0.1, 0.15) is 12.4 Å². The van der Waals surface area contributed by atoms with Crippen molar-refractivity contribution in [2.75, 3.05) is 18.5 Å². The molecule has 0 aliphatic carbocycles. The van der Waals surface area contributed by atoms with E-state index >= 15 is 0 Å². The van der Waals surface area contributed by atoms with Gasteiger partial charge in [0.05, 0.1) is 0 Å². The Morgan fingerprint density at radius 3 is 2.33 bits per heavy atom. The average Bonchev–Trinajstić information content (AvgIpc) is 2.45. The average molecular weight is 283 g/mol. The summed E-state index contributed by atoms with van der Waals surface area (Å²) in [5.74, 6) is 0.983. The lowest BCUT2D eigenvalue weighted by molar-refractivity contribution is 0.323. The summed E-state index contributed by atoms with van der Waals surface area (Å²) in [6, 6.07) is 16.6. The van der Waals surface area contributed by atoms with E-state index in [1.165, 1.54) is 16.8 Å². The lowest BCUT2D eigenvalue weighted by Gasteiger charge is -2.22. The van der Waals surface area contributed by atoms with Crippen LogP contribution in [0.4, 0.5) is 5.69 Å². The van der Waals surface area contributed by atoms with Crippen LogP contribution in [0.2, 0.25) is 0 Å². The highest BCUT2D eigenvalue weighted by Crippen LogP contribution is 2.30. The lowest BCUT2D eigenvalue weighted by Crippen LogP contribution is -2.16. The van der Waals surface area contributed by atoms with E-state index in [-0.39, 0.29) is 5.41 Å². The van der Waals surface area contributed by atoms with Crippen LogP contribution in [0.15, 0.2) is 48.5 Å². The molecule has 0 bridgehead atoms. The molecule has 2 heteroatoms. The van der Waals surface area contributed by atoms with Crippen molar-refractivity contribution in [2.45, 2.75) is 33.1 Å². The molecule has 0 aromatic heterocycles. The number of anilines is 1. The maximum absolute atomic E-state index is 5.96. The minimum absolute atomic E-state index is 0.0973. The van der Waals surface area contributed by atoms with Gasteiger partial charge in [-0.25, -0.2) is 0 Å². The molecule has 0 aliphatic heterocycles. The Kier molecular flexibility index (Phi) is 4.89. The van der Waals surface area contributed by atoms with Crippen LogP contribution < -0.4 is 10.1 Å². The fourth-order valence-corrected chi connectivity index (χ4v) is 2.33. The molecular weight excluding hydrogens is 258 g/mol. The van der Waals surface area contributed by atoms with Gasteiger partial charge in [-0.1, -0.05) is 57.2 Å². The molecule has 0 aliphatic rings. The molecule has 112 valence electrons. The van der Waals surface area contributed by atoms with Crippen molar-refractivity contribution in [1.29, 1.82) is 0 Å². The molecule has 2 nitrogen and oxygen atoms in total. The first-order chi connectivity index (χ1) is 9.98. The van der Waals surface area contributed by atoms with Crippen LogP contribution in [0.25, 0.3) is 0 Å². The maximum atomic E-state index is 5.96. The number of hydrogen-bond donors (Lipinski definition) is 1. The zero-order valence-electron chi connectivity index (χ0n) is 13.4. The van der Waals surface area contributed by atoms with Crippen LogP contribution in [-0.4, -0.2) is 13.2 Å². The van der Waals surface area contributed by atoms with Crippen molar-refractivity contribution in [2.24, 2.45) is 0 Å². The molecule has 0 heterocycles. The second kappa shape index (κ2) is 6.66. The fraction of sp³-hybridized carbons (Fsp3) is 0.368. The van der Waals surface area contributed by atoms with E-state index in [1.807, 2.05) is 18.2 Å². The molecule has 0 amide bonds. The highest BCUT2D eigenvalue weighted by Gasteiger charge is 2.18. The Morgan fingerprint density at radius 2 is 1.62 bits per heavy atom. The van der Waals surface area contributed by atoms with Crippen LogP contribution in [0.1, 0.15) is 31.9 Å². The Labute approximate surface area is 128 Å². The van der Waals surface area contributed by atoms with Crippen LogP contribution in [0, 0.1) is 6.92 Å². The molecule has 0 fully saturated rings. The van der Waals surface area contributed by atoms with Gasteiger partial charge in [-0.3, -0.25) is 0 Å². The van der Waals surface area contributed by atoms with Crippen molar-refractivity contribution >= 4 is 5.69 Å². The number of nitrogens with one attached hydrogen (secondary N) is 1.